The van der Waals surface area contributed by atoms with Gasteiger partial charge in [0.2, 0.25) is 0 Å². The summed E-state index contributed by atoms with van der Waals surface area (Å²) >= 11 is 5.24. The number of benzene rings is 2. The number of thiocarbonyl (C=S) groups is 1. The Balaban J connectivity index is 1.98. The van der Waals surface area contributed by atoms with Gasteiger partial charge in [-0.25, -0.2) is 0 Å². The fraction of sp³-hybridized carbons (Fsp3) is 0.300. The first kappa shape index (κ1) is 20.5. The van der Waals surface area contributed by atoms with Crippen molar-refractivity contribution in [2.24, 2.45) is 0 Å². The molecule has 2 aromatic carbocycles. The van der Waals surface area contributed by atoms with Crippen molar-refractivity contribution >= 4 is 28.9 Å². The maximum Gasteiger partial charge on any atom is 0.269 e. The number of aryl methyl sites for hydroxylation is 2. The molecule has 0 spiro atoms. The number of methoxy groups -OCH3 is 1. The quantitative estimate of drug-likeness (QED) is 0.536. The lowest BCUT2D eigenvalue weighted by atomic mass is 10.1. The monoisotopic (exact) mass is 387 g/mol. The van der Waals surface area contributed by atoms with E-state index in [4.69, 9.17) is 21.7 Å². The van der Waals surface area contributed by atoms with Crippen LogP contribution in [-0.4, -0.2) is 24.2 Å². The summed E-state index contributed by atoms with van der Waals surface area (Å²) in [5.74, 6) is 0.742. The van der Waals surface area contributed by atoms with E-state index in [1.165, 1.54) is 7.11 Å². The molecule has 0 aliphatic carbocycles. The molecule has 27 heavy (non-hydrogen) atoms. The van der Waals surface area contributed by atoms with Crippen LogP contribution in [0.2, 0.25) is 0 Å². The van der Waals surface area contributed by atoms with Gasteiger partial charge in [-0.05, 0) is 75.3 Å². The van der Waals surface area contributed by atoms with Crippen LogP contribution in [0.3, 0.4) is 0 Å². The summed E-state index contributed by atoms with van der Waals surface area (Å²) in [4.78, 5) is 12.4. The second-order valence-corrected chi connectivity index (χ2v) is 6.79. The summed E-state index contributed by atoms with van der Waals surface area (Å²) in [6, 6.07) is 11.0. The number of anilines is 1. The fourth-order valence-corrected chi connectivity index (χ4v) is 2.53. The average Bonchev–Trinajstić information content (AvgIpc) is 2.62. The maximum atomic E-state index is 12.4. The van der Waals surface area contributed by atoms with Crippen molar-refractivity contribution in [2.45, 2.75) is 33.8 Å². The summed E-state index contributed by atoms with van der Waals surface area (Å²) in [6.45, 7) is 7.83. The highest BCUT2D eigenvalue weighted by Crippen LogP contribution is 2.28. The molecule has 0 aliphatic rings. The van der Waals surface area contributed by atoms with Crippen LogP contribution in [0.1, 0.15) is 35.3 Å². The Labute approximate surface area is 165 Å². The van der Waals surface area contributed by atoms with Crippen LogP contribution in [0.5, 0.6) is 11.5 Å². The van der Waals surface area contributed by atoms with E-state index in [0.717, 1.165) is 16.8 Å². The third-order valence-corrected chi connectivity index (χ3v) is 3.92. The third-order valence-electron chi connectivity index (χ3n) is 3.72. The molecule has 1 amide bonds. The summed E-state index contributed by atoms with van der Waals surface area (Å²) in [5.41, 5.74) is 8.77. The van der Waals surface area contributed by atoms with Crippen LogP contribution in [0.15, 0.2) is 36.4 Å². The number of hydrogen-bond donors (Lipinski definition) is 3. The van der Waals surface area contributed by atoms with Crippen LogP contribution < -0.4 is 25.6 Å². The van der Waals surface area contributed by atoms with Gasteiger partial charge in [0, 0.05) is 11.3 Å². The Morgan fingerprint density at radius 2 is 1.78 bits per heavy atom. The van der Waals surface area contributed by atoms with Gasteiger partial charge in [0.1, 0.15) is 0 Å². The van der Waals surface area contributed by atoms with Gasteiger partial charge < -0.3 is 14.8 Å². The molecule has 0 fully saturated rings. The van der Waals surface area contributed by atoms with Gasteiger partial charge in [0.15, 0.2) is 16.6 Å². The van der Waals surface area contributed by atoms with Gasteiger partial charge in [0.05, 0.1) is 13.2 Å². The van der Waals surface area contributed by atoms with Gasteiger partial charge in [-0.3, -0.25) is 15.6 Å². The number of carbonyl (C=O) groups excluding carboxylic acids is 1. The van der Waals surface area contributed by atoms with Crippen molar-refractivity contribution < 1.29 is 14.3 Å². The van der Waals surface area contributed by atoms with Crippen molar-refractivity contribution in [3.63, 3.8) is 0 Å². The van der Waals surface area contributed by atoms with Gasteiger partial charge in [-0.1, -0.05) is 12.1 Å². The van der Waals surface area contributed by atoms with Crippen molar-refractivity contribution in [3.8, 4) is 11.5 Å². The van der Waals surface area contributed by atoms with Crippen molar-refractivity contribution in [2.75, 3.05) is 12.4 Å². The molecule has 6 nitrogen and oxygen atoms in total. The van der Waals surface area contributed by atoms with Crippen LogP contribution in [0.4, 0.5) is 5.69 Å². The van der Waals surface area contributed by atoms with Crippen LogP contribution in [-0.2, 0) is 0 Å². The Bertz CT molecular complexity index is 837. The second-order valence-electron chi connectivity index (χ2n) is 6.38. The molecule has 2 aromatic rings. The Morgan fingerprint density at radius 3 is 2.44 bits per heavy atom. The average molecular weight is 388 g/mol. The molecule has 3 N–H and O–H groups in total. The van der Waals surface area contributed by atoms with E-state index < -0.39 is 0 Å². The summed E-state index contributed by atoms with van der Waals surface area (Å²) in [6.07, 6.45) is 0.00812. The van der Waals surface area contributed by atoms with Gasteiger partial charge in [-0.15, -0.1) is 0 Å². The first-order valence-electron chi connectivity index (χ1n) is 8.59. The van der Waals surface area contributed by atoms with E-state index in [-0.39, 0.29) is 12.0 Å². The first-order valence-corrected chi connectivity index (χ1v) is 9.00. The van der Waals surface area contributed by atoms with Crippen molar-refractivity contribution in [1.29, 1.82) is 0 Å². The minimum Gasteiger partial charge on any atom is -0.493 e. The number of rotatable bonds is 5. The van der Waals surface area contributed by atoms with Crippen LogP contribution in [0, 0.1) is 13.8 Å². The number of nitrogens with one attached hydrogen (secondary N) is 3. The Hall–Kier alpha value is -2.80. The normalized spacial score (nSPS) is 10.3. The molecule has 144 valence electrons. The predicted octanol–water partition coefficient (Wildman–Crippen LogP) is 3.73. The molecular weight excluding hydrogens is 362 g/mol. The highest BCUT2D eigenvalue weighted by molar-refractivity contribution is 7.80. The molecule has 0 bridgehead atoms. The minimum atomic E-state index is -0.338. The lowest BCUT2D eigenvalue weighted by Crippen LogP contribution is -2.43. The highest BCUT2D eigenvalue weighted by atomic mass is 32.1. The standard InChI is InChI=1S/C20H25N3O3S/c1-12(2)26-17-9-8-15(11-18(17)25-5)19(24)22-23-20(27)21-16-10-13(3)6-7-14(16)4/h6-12H,1-5H3,(H,22,24)(H2,21,23,27). The lowest BCUT2D eigenvalue weighted by Gasteiger charge is -2.16. The Morgan fingerprint density at radius 1 is 1.04 bits per heavy atom. The molecule has 0 saturated carbocycles. The van der Waals surface area contributed by atoms with Crippen LogP contribution >= 0.6 is 12.2 Å². The molecule has 2 rings (SSSR count). The number of amides is 1. The van der Waals surface area contributed by atoms with E-state index in [0.29, 0.717) is 22.2 Å². The molecule has 0 unspecified atom stereocenters. The Kier molecular flexibility index (Phi) is 7.01. The molecule has 0 atom stereocenters. The van der Waals surface area contributed by atoms with E-state index in [1.807, 2.05) is 45.9 Å². The zero-order valence-corrected chi connectivity index (χ0v) is 17.0. The number of carbonyl (C=O) groups is 1. The molecule has 0 saturated heterocycles. The smallest absolute Gasteiger partial charge is 0.269 e. The van der Waals surface area contributed by atoms with E-state index in [1.54, 1.807) is 18.2 Å². The summed E-state index contributed by atoms with van der Waals surface area (Å²) in [5, 5.41) is 3.37. The van der Waals surface area contributed by atoms with Gasteiger partial charge >= 0.3 is 0 Å². The predicted molar refractivity (Wildman–Crippen MR) is 111 cm³/mol. The fourth-order valence-electron chi connectivity index (χ4n) is 2.37. The van der Waals surface area contributed by atoms with Gasteiger partial charge in [0.25, 0.3) is 5.91 Å². The third kappa shape index (κ3) is 5.86. The minimum absolute atomic E-state index is 0.00812. The topological polar surface area (TPSA) is 71.6 Å². The van der Waals surface area contributed by atoms with E-state index in [9.17, 15) is 4.79 Å². The highest BCUT2D eigenvalue weighted by Gasteiger charge is 2.12. The SMILES string of the molecule is COc1cc(C(=O)NNC(=S)Nc2cc(C)ccc2C)ccc1OC(C)C. The number of ether oxygens (including phenoxy) is 2. The van der Waals surface area contributed by atoms with Crippen LogP contribution in [0.25, 0.3) is 0 Å². The summed E-state index contributed by atoms with van der Waals surface area (Å²) in [7, 11) is 1.53. The second kappa shape index (κ2) is 9.23. The largest absolute Gasteiger partial charge is 0.493 e. The van der Waals surface area contributed by atoms with Crippen molar-refractivity contribution in [1.82, 2.24) is 10.9 Å². The lowest BCUT2D eigenvalue weighted by molar-refractivity contribution is 0.0943. The zero-order chi connectivity index (χ0) is 20.0. The van der Waals surface area contributed by atoms with E-state index in [2.05, 4.69) is 16.2 Å². The van der Waals surface area contributed by atoms with Gasteiger partial charge in [-0.2, -0.15) is 0 Å². The van der Waals surface area contributed by atoms with Crippen molar-refractivity contribution in [3.05, 3.63) is 53.1 Å². The molecule has 7 heteroatoms. The molecule has 0 aliphatic heterocycles. The molecule has 0 aromatic heterocycles. The zero-order valence-electron chi connectivity index (χ0n) is 16.2. The summed E-state index contributed by atoms with van der Waals surface area (Å²) < 4.78 is 11.0. The molecular formula is C20H25N3O3S. The maximum absolute atomic E-state index is 12.4. The van der Waals surface area contributed by atoms with E-state index >= 15 is 0 Å². The first-order chi connectivity index (χ1) is 12.8. The molecule has 0 heterocycles. The number of hydrogen-bond acceptors (Lipinski definition) is 4. The molecule has 0 radical (unpaired) electrons. The number of hydrazine groups is 1.